The number of carbonyl (C=O) groups excluding carboxylic acids is 1. The average molecular weight is 382 g/mol. The van der Waals surface area contributed by atoms with Crippen LogP contribution in [0.25, 0.3) is 0 Å². The predicted octanol–water partition coefficient (Wildman–Crippen LogP) is 2.78. The summed E-state index contributed by atoms with van der Waals surface area (Å²) in [5.74, 6) is 0.00995. The Labute approximate surface area is 164 Å². The number of nitrogens with zero attached hydrogens (tertiary/aromatic N) is 3. The Morgan fingerprint density at radius 2 is 1.56 bits per heavy atom. The van der Waals surface area contributed by atoms with Crippen LogP contribution in [0.15, 0.2) is 65.7 Å². The third kappa shape index (κ3) is 3.29. The number of thioether (sulfide) groups is 1. The second kappa shape index (κ2) is 7.84. The molecule has 1 fully saturated rings. The van der Waals surface area contributed by atoms with Crippen molar-refractivity contribution in [2.45, 2.75) is 5.54 Å². The fourth-order valence-corrected chi connectivity index (χ4v) is 4.25. The molecule has 2 aromatic carbocycles. The monoisotopic (exact) mass is 381 g/mol. The molecule has 2 aliphatic rings. The van der Waals surface area contributed by atoms with Gasteiger partial charge in [-0.2, -0.15) is 0 Å². The molecule has 1 saturated heterocycles. The molecule has 140 valence electrons. The lowest BCUT2D eigenvalue weighted by Gasteiger charge is -2.32. The number of amidine groups is 1. The molecule has 0 spiro atoms. The SMILES string of the molecule is CSC1=NC(c2ccccc2)(c2ccccc2)C(=O)N1CN1CCOCC1. The number of hydrogen-bond donors (Lipinski definition) is 0. The molecule has 4 rings (SSSR count). The molecule has 0 unspecified atom stereocenters. The van der Waals surface area contributed by atoms with Crippen LogP contribution in [0.3, 0.4) is 0 Å². The minimum absolute atomic E-state index is 0.00995. The zero-order valence-corrected chi connectivity index (χ0v) is 16.2. The summed E-state index contributed by atoms with van der Waals surface area (Å²) in [6.45, 7) is 3.61. The molecule has 0 aromatic heterocycles. The molecular formula is C21H23N3O2S. The van der Waals surface area contributed by atoms with Crippen molar-refractivity contribution in [1.29, 1.82) is 0 Å². The number of ether oxygens (including phenoxy) is 1. The summed E-state index contributed by atoms with van der Waals surface area (Å²) in [7, 11) is 0. The van der Waals surface area contributed by atoms with Gasteiger partial charge in [-0.15, -0.1) is 0 Å². The number of rotatable bonds is 4. The second-order valence-electron chi connectivity index (χ2n) is 6.65. The van der Waals surface area contributed by atoms with Crippen LogP contribution in [-0.2, 0) is 15.1 Å². The van der Waals surface area contributed by atoms with E-state index in [1.165, 1.54) is 11.8 Å². The number of morpholine rings is 1. The van der Waals surface area contributed by atoms with Gasteiger partial charge in [0.25, 0.3) is 5.91 Å². The standard InChI is InChI=1S/C21H23N3O2S/c1-27-20-22-21(17-8-4-2-5-9-17,18-10-6-3-7-11-18)19(25)24(20)16-23-12-14-26-15-13-23/h2-11H,12-16H2,1H3. The fourth-order valence-electron chi connectivity index (χ4n) is 3.66. The lowest BCUT2D eigenvalue weighted by atomic mass is 9.83. The molecule has 0 saturated carbocycles. The Balaban J connectivity index is 1.77. The predicted molar refractivity (Wildman–Crippen MR) is 109 cm³/mol. The topological polar surface area (TPSA) is 45.1 Å². The van der Waals surface area contributed by atoms with Gasteiger partial charge in [0.05, 0.1) is 19.9 Å². The van der Waals surface area contributed by atoms with Crippen LogP contribution in [0, 0.1) is 0 Å². The summed E-state index contributed by atoms with van der Waals surface area (Å²) in [6, 6.07) is 19.7. The van der Waals surface area contributed by atoms with Gasteiger partial charge in [-0.25, -0.2) is 4.99 Å². The Hall–Kier alpha value is -2.15. The van der Waals surface area contributed by atoms with Crippen LogP contribution in [0.2, 0.25) is 0 Å². The molecule has 0 aliphatic carbocycles. The van der Waals surface area contributed by atoms with E-state index < -0.39 is 5.54 Å². The third-order valence-corrected chi connectivity index (χ3v) is 5.74. The zero-order valence-electron chi connectivity index (χ0n) is 15.4. The Morgan fingerprint density at radius 3 is 2.07 bits per heavy atom. The summed E-state index contributed by atoms with van der Waals surface area (Å²) >= 11 is 1.52. The highest BCUT2D eigenvalue weighted by Gasteiger charge is 2.51. The van der Waals surface area contributed by atoms with Crippen molar-refractivity contribution in [3.8, 4) is 0 Å². The van der Waals surface area contributed by atoms with Crippen molar-refractivity contribution in [3.63, 3.8) is 0 Å². The number of amides is 1. The van der Waals surface area contributed by atoms with Crippen LogP contribution in [0.4, 0.5) is 0 Å². The van der Waals surface area contributed by atoms with Gasteiger partial charge in [0.15, 0.2) is 10.7 Å². The van der Waals surface area contributed by atoms with Gasteiger partial charge < -0.3 is 4.74 Å². The van der Waals surface area contributed by atoms with Crippen LogP contribution >= 0.6 is 11.8 Å². The van der Waals surface area contributed by atoms with Crippen molar-refractivity contribution in [1.82, 2.24) is 9.80 Å². The first-order chi connectivity index (χ1) is 13.3. The quantitative estimate of drug-likeness (QED) is 0.817. The first-order valence-corrected chi connectivity index (χ1v) is 10.3. The normalized spacial score (nSPS) is 20.0. The van der Waals surface area contributed by atoms with E-state index in [-0.39, 0.29) is 5.91 Å². The number of aliphatic imine (C=N–C) groups is 1. The number of hydrogen-bond acceptors (Lipinski definition) is 5. The highest BCUT2D eigenvalue weighted by molar-refractivity contribution is 8.13. The molecule has 2 aromatic rings. The van der Waals surface area contributed by atoms with E-state index in [2.05, 4.69) is 4.90 Å². The Bertz CT molecular complexity index is 780. The van der Waals surface area contributed by atoms with E-state index in [1.807, 2.05) is 71.8 Å². The maximum atomic E-state index is 13.8. The lowest BCUT2D eigenvalue weighted by molar-refractivity contribution is -0.132. The van der Waals surface area contributed by atoms with E-state index in [1.54, 1.807) is 0 Å². The Morgan fingerprint density at radius 1 is 1.00 bits per heavy atom. The molecule has 0 bridgehead atoms. The van der Waals surface area contributed by atoms with E-state index in [0.717, 1.165) is 29.4 Å². The smallest absolute Gasteiger partial charge is 0.266 e. The minimum Gasteiger partial charge on any atom is -0.379 e. The van der Waals surface area contributed by atoms with Crippen LogP contribution in [0.1, 0.15) is 11.1 Å². The fraction of sp³-hybridized carbons (Fsp3) is 0.333. The van der Waals surface area contributed by atoms with E-state index in [0.29, 0.717) is 19.9 Å². The maximum Gasteiger partial charge on any atom is 0.266 e. The van der Waals surface area contributed by atoms with Gasteiger partial charge in [0.1, 0.15) is 0 Å². The highest BCUT2D eigenvalue weighted by Crippen LogP contribution is 2.41. The summed E-state index contributed by atoms with van der Waals surface area (Å²) in [6.07, 6.45) is 1.98. The molecule has 5 nitrogen and oxygen atoms in total. The molecule has 0 atom stereocenters. The van der Waals surface area contributed by atoms with Crippen LogP contribution < -0.4 is 0 Å². The summed E-state index contributed by atoms with van der Waals surface area (Å²) < 4.78 is 5.44. The van der Waals surface area contributed by atoms with Gasteiger partial charge in [-0.05, 0) is 17.4 Å². The number of benzene rings is 2. The first-order valence-electron chi connectivity index (χ1n) is 9.12. The van der Waals surface area contributed by atoms with Gasteiger partial charge in [0, 0.05) is 13.1 Å². The van der Waals surface area contributed by atoms with Crippen molar-refractivity contribution in [2.24, 2.45) is 4.99 Å². The molecule has 0 N–H and O–H groups in total. The summed E-state index contributed by atoms with van der Waals surface area (Å²) in [5.41, 5.74) is 0.780. The first kappa shape index (κ1) is 18.2. The van der Waals surface area contributed by atoms with E-state index >= 15 is 0 Å². The van der Waals surface area contributed by atoms with E-state index in [9.17, 15) is 4.79 Å². The average Bonchev–Trinajstić information content (AvgIpc) is 3.03. The van der Waals surface area contributed by atoms with Crippen molar-refractivity contribution in [2.75, 3.05) is 39.2 Å². The minimum atomic E-state index is -1.02. The molecule has 2 heterocycles. The zero-order chi connectivity index (χ0) is 18.7. The third-order valence-electron chi connectivity index (χ3n) is 5.06. The molecular weight excluding hydrogens is 358 g/mol. The molecule has 6 heteroatoms. The van der Waals surface area contributed by atoms with Crippen LogP contribution in [0.5, 0.6) is 0 Å². The largest absolute Gasteiger partial charge is 0.379 e. The van der Waals surface area contributed by atoms with Crippen molar-refractivity contribution in [3.05, 3.63) is 71.8 Å². The second-order valence-corrected chi connectivity index (χ2v) is 7.42. The molecule has 0 radical (unpaired) electrons. The Kier molecular flexibility index (Phi) is 5.29. The lowest BCUT2D eigenvalue weighted by Crippen LogP contribution is -2.49. The summed E-state index contributed by atoms with van der Waals surface area (Å²) in [4.78, 5) is 22.9. The maximum absolute atomic E-state index is 13.8. The van der Waals surface area contributed by atoms with Gasteiger partial charge >= 0.3 is 0 Å². The van der Waals surface area contributed by atoms with Gasteiger partial charge in [-0.3, -0.25) is 14.6 Å². The van der Waals surface area contributed by atoms with Crippen LogP contribution in [-0.4, -0.2) is 60.1 Å². The van der Waals surface area contributed by atoms with Gasteiger partial charge in [0.2, 0.25) is 0 Å². The number of carbonyl (C=O) groups is 1. The van der Waals surface area contributed by atoms with Gasteiger partial charge in [-0.1, -0.05) is 72.4 Å². The highest BCUT2D eigenvalue weighted by atomic mass is 32.2. The summed E-state index contributed by atoms with van der Waals surface area (Å²) in [5, 5.41) is 0.763. The molecule has 27 heavy (non-hydrogen) atoms. The van der Waals surface area contributed by atoms with Crippen molar-refractivity contribution < 1.29 is 9.53 Å². The molecule has 1 amide bonds. The molecule has 2 aliphatic heterocycles. The van der Waals surface area contributed by atoms with Crippen molar-refractivity contribution >= 4 is 22.8 Å². The van der Waals surface area contributed by atoms with E-state index in [4.69, 9.17) is 9.73 Å².